The number of pyridine rings is 1. The molecule has 0 spiro atoms. The molecule has 1 fully saturated rings. The van der Waals surface area contributed by atoms with Crippen LogP contribution in [0.2, 0.25) is 0 Å². The lowest BCUT2D eigenvalue weighted by Crippen LogP contribution is -2.14. The van der Waals surface area contributed by atoms with E-state index in [1.807, 2.05) is 36.2 Å². The fourth-order valence-corrected chi connectivity index (χ4v) is 3.99. The van der Waals surface area contributed by atoms with Gasteiger partial charge in [0.25, 0.3) is 0 Å². The van der Waals surface area contributed by atoms with Crippen LogP contribution < -0.4 is 0 Å². The van der Waals surface area contributed by atoms with Crippen LogP contribution in [-0.4, -0.2) is 25.5 Å². The Hall–Kier alpha value is -2.14. The van der Waals surface area contributed by atoms with Crippen LogP contribution in [0.3, 0.4) is 0 Å². The van der Waals surface area contributed by atoms with Crippen molar-refractivity contribution in [3.8, 4) is 11.4 Å². The first kappa shape index (κ1) is 15.4. The second kappa shape index (κ2) is 7.18. The molecule has 0 atom stereocenters. The zero-order valence-corrected chi connectivity index (χ0v) is 14.3. The number of benzene rings is 1. The molecule has 122 valence electrons. The summed E-state index contributed by atoms with van der Waals surface area (Å²) in [6.07, 6.45) is 7.73. The van der Waals surface area contributed by atoms with Gasteiger partial charge in [0, 0.05) is 23.7 Å². The fraction of sp³-hybridized carbons (Fsp3) is 0.316. The summed E-state index contributed by atoms with van der Waals surface area (Å²) >= 11 is 1.83. The van der Waals surface area contributed by atoms with E-state index in [4.69, 9.17) is 0 Å². The molecule has 1 saturated carbocycles. The van der Waals surface area contributed by atoms with Crippen molar-refractivity contribution in [3.63, 3.8) is 0 Å². The summed E-state index contributed by atoms with van der Waals surface area (Å²) in [5.74, 6) is 2.88. The van der Waals surface area contributed by atoms with Crippen LogP contribution in [0.1, 0.15) is 24.8 Å². The summed E-state index contributed by atoms with van der Waals surface area (Å²) in [7, 11) is 0. The predicted octanol–water partition coefficient (Wildman–Crippen LogP) is 4.28. The maximum atomic E-state index is 4.47. The van der Waals surface area contributed by atoms with Gasteiger partial charge in [-0.05, 0) is 36.5 Å². The zero-order valence-electron chi connectivity index (χ0n) is 13.5. The second-order valence-corrected chi connectivity index (χ2v) is 7.21. The third-order valence-corrected chi connectivity index (χ3v) is 5.69. The molecule has 4 nitrogen and oxygen atoms in total. The summed E-state index contributed by atoms with van der Waals surface area (Å²) in [4.78, 5) is 4.23. The minimum absolute atomic E-state index is 0.783. The molecule has 0 amide bonds. The first-order valence-corrected chi connectivity index (χ1v) is 9.39. The van der Waals surface area contributed by atoms with Gasteiger partial charge in [-0.1, -0.05) is 48.5 Å². The summed E-state index contributed by atoms with van der Waals surface area (Å²) < 4.78 is 2.22. The van der Waals surface area contributed by atoms with Gasteiger partial charge in [0.2, 0.25) is 0 Å². The van der Waals surface area contributed by atoms with E-state index in [9.17, 15) is 0 Å². The van der Waals surface area contributed by atoms with Crippen molar-refractivity contribution >= 4 is 11.8 Å². The molecule has 0 radical (unpaired) electrons. The lowest BCUT2D eigenvalue weighted by Gasteiger charge is -2.24. The number of thioether (sulfide) groups is 1. The van der Waals surface area contributed by atoms with Gasteiger partial charge in [-0.25, -0.2) is 0 Å². The minimum Gasteiger partial charge on any atom is -0.298 e. The second-order valence-electron chi connectivity index (χ2n) is 6.23. The maximum Gasteiger partial charge on any atom is 0.191 e. The Bertz CT molecular complexity index is 782. The van der Waals surface area contributed by atoms with Crippen molar-refractivity contribution in [1.82, 2.24) is 19.7 Å². The smallest absolute Gasteiger partial charge is 0.191 e. The van der Waals surface area contributed by atoms with Gasteiger partial charge in [0.1, 0.15) is 0 Å². The summed E-state index contributed by atoms with van der Waals surface area (Å²) in [5, 5.41) is 9.93. The van der Waals surface area contributed by atoms with Crippen molar-refractivity contribution < 1.29 is 0 Å². The summed E-state index contributed by atoms with van der Waals surface area (Å²) in [6.45, 7) is 0.783. The van der Waals surface area contributed by atoms with E-state index in [0.717, 1.165) is 34.8 Å². The SMILES string of the molecule is c1ccc(Cn2c(SCC3CCC3)nnc2-c2cccnc2)cc1. The van der Waals surface area contributed by atoms with Gasteiger partial charge >= 0.3 is 0 Å². The van der Waals surface area contributed by atoms with Crippen LogP contribution in [0.25, 0.3) is 11.4 Å². The Morgan fingerprint density at radius 3 is 2.62 bits per heavy atom. The first-order valence-electron chi connectivity index (χ1n) is 8.40. The molecule has 0 aliphatic heterocycles. The Kier molecular flexibility index (Phi) is 4.60. The summed E-state index contributed by atoms with van der Waals surface area (Å²) in [6, 6.07) is 14.5. The largest absolute Gasteiger partial charge is 0.298 e. The Labute approximate surface area is 146 Å². The van der Waals surface area contributed by atoms with Gasteiger partial charge in [0.05, 0.1) is 6.54 Å². The van der Waals surface area contributed by atoms with Gasteiger partial charge in [-0.15, -0.1) is 10.2 Å². The molecule has 1 aromatic carbocycles. The van der Waals surface area contributed by atoms with Crippen molar-refractivity contribution in [3.05, 3.63) is 60.4 Å². The zero-order chi connectivity index (χ0) is 16.2. The monoisotopic (exact) mass is 336 g/mol. The van der Waals surface area contributed by atoms with E-state index in [-0.39, 0.29) is 0 Å². The molecular formula is C19H20N4S. The van der Waals surface area contributed by atoms with Gasteiger partial charge in [-0.3, -0.25) is 9.55 Å². The average Bonchev–Trinajstić information content (AvgIpc) is 2.98. The molecule has 0 N–H and O–H groups in total. The van der Waals surface area contributed by atoms with Gasteiger partial charge < -0.3 is 0 Å². The van der Waals surface area contributed by atoms with Crippen LogP contribution in [0.5, 0.6) is 0 Å². The van der Waals surface area contributed by atoms with Crippen molar-refractivity contribution in [2.45, 2.75) is 31.0 Å². The fourth-order valence-electron chi connectivity index (χ4n) is 2.86. The van der Waals surface area contributed by atoms with Crippen molar-refractivity contribution in [2.24, 2.45) is 5.92 Å². The third-order valence-electron chi connectivity index (χ3n) is 4.49. The molecule has 0 unspecified atom stereocenters. The lowest BCUT2D eigenvalue weighted by atomic mass is 9.87. The Morgan fingerprint density at radius 1 is 1.04 bits per heavy atom. The standard InChI is InChI=1S/C19H20N4S/c1-2-6-15(7-3-1)13-23-18(17-10-5-11-20-12-17)21-22-19(23)24-14-16-8-4-9-16/h1-3,5-7,10-12,16H,4,8-9,13-14H2. The lowest BCUT2D eigenvalue weighted by molar-refractivity contribution is 0.353. The Balaban J connectivity index is 1.64. The number of nitrogens with zero attached hydrogens (tertiary/aromatic N) is 4. The molecule has 2 heterocycles. The van der Waals surface area contributed by atoms with E-state index in [1.165, 1.54) is 24.8 Å². The Morgan fingerprint density at radius 2 is 1.92 bits per heavy atom. The number of hydrogen-bond acceptors (Lipinski definition) is 4. The van der Waals surface area contributed by atoms with Crippen molar-refractivity contribution in [1.29, 1.82) is 0 Å². The van der Waals surface area contributed by atoms with Gasteiger partial charge in [0.15, 0.2) is 11.0 Å². The average molecular weight is 336 g/mol. The number of hydrogen-bond donors (Lipinski definition) is 0. The number of aromatic nitrogens is 4. The minimum atomic E-state index is 0.783. The first-order chi connectivity index (χ1) is 11.9. The molecule has 2 aromatic heterocycles. The summed E-state index contributed by atoms with van der Waals surface area (Å²) in [5.41, 5.74) is 2.27. The quantitative estimate of drug-likeness (QED) is 0.630. The van der Waals surface area contributed by atoms with E-state index in [2.05, 4.69) is 44.0 Å². The van der Waals surface area contributed by atoms with E-state index in [0.29, 0.717) is 0 Å². The van der Waals surface area contributed by atoms with E-state index >= 15 is 0 Å². The highest BCUT2D eigenvalue weighted by Gasteiger charge is 2.20. The molecule has 4 rings (SSSR count). The van der Waals surface area contributed by atoms with Crippen LogP contribution >= 0.6 is 11.8 Å². The molecule has 24 heavy (non-hydrogen) atoms. The van der Waals surface area contributed by atoms with E-state index in [1.54, 1.807) is 6.20 Å². The third kappa shape index (κ3) is 3.36. The molecule has 5 heteroatoms. The van der Waals surface area contributed by atoms with Crippen LogP contribution in [0.15, 0.2) is 60.0 Å². The van der Waals surface area contributed by atoms with Crippen LogP contribution in [-0.2, 0) is 6.54 Å². The van der Waals surface area contributed by atoms with Gasteiger partial charge in [-0.2, -0.15) is 0 Å². The number of rotatable bonds is 6. The highest BCUT2D eigenvalue weighted by atomic mass is 32.2. The molecule has 1 aliphatic carbocycles. The van der Waals surface area contributed by atoms with Crippen molar-refractivity contribution in [2.75, 3.05) is 5.75 Å². The molecule has 0 bridgehead atoms. The predicted molar refractivity (Wildman–Crippen MR) is 96.9 cm³/mol. The molecular weight excluding hydrogens is 316 g/mol. The normalized spacial score (nSPS) is 14.5. The van der Waals surface area contributed by atoms with Crippen LogP contribution in [0, 0.1) is 5.92 Å². The molecule has 0 saturated heterocycles. The molecule has 1 aliphatic rings. The maximum absolute atomic E-state index is 4.47. The highest BCUT2D eigenvalue weighted by molar-refractivity contribution is 7.99. The molecule has 3 aromatic rings. The van der Waals surface area contributed by atoms with Crippen LogP contribution in [0.4, 0.5) is 0 Å². The topological polar surface area (TPSA) is 43.6 Å². The highest BCUT2D eigenvalue weighted by Crippen LogP contribution is 2.33. The van der Waals surface area contributed by atoms with E-state index < -0.39 is 0 Å².